The smallest absolute Gasteiger partial charge is 0.00000000000926 e. The molecule has 0 N–H and O–H groups in total. The van der Waals surface area contributed by atoms with Crippen LogP contribution in [0.25, 0.3) is 0 Å². The molecule has 0 saturated heterocycles. The molecule has 0 amide bonds. The van der Waals surface area contributed by atoms with Crippen LogP contribution in [-0.4, -0.2) is 0 Å². The molecule has 0 nitrogen and oxygen atoms in total. The van der Waals surface area contributed by atoms with Crippen molar-refractivity contribution < 1.29 is 0 Å². The van der Waals surface area contributed by atoms with E-state index < -0.39 is 0 Å². The van der Waals surface area contributed by atoms with Gasteiger partial charge in [-0.1, -0.05) is 73.1 Å². The first-order valence-corrected chi connectivity index (χ1v) is 11.5. The molecule has 0 radical (unpaired) electrons. The van der Waals surface area contributed by atoms with Gasteiger partial charge in [-0.15, -0.1) is 0 Å². The van der Waals surface area contributed by atoms with Crippen molar-refractivity contribution in [3.63, 3.8) is 0 Å². The molecule has 2 aliphatic carbocycles. The van der Waals surface area contributed by atoms with E-state index in [1.54, 1.807) is 0 Å². The highest BCUT2D eigenvalue weighted by atomic mass is 14.3. The van der Waals surface area contributed by atoms with Crippen molar-refractivity contribution in [2.24, 2.45) is 23.7 Å². The Bertz CT molecular complexity index is 1110. The minimum Gasteiger partial charge on any atom is -0.0919 e. The van der Waals surface area contributed by atoms with E-state index in [-0.39, 0.29) is 14.9 Å². The molecule has 186 valence electrons. The fraction of sp³-hybridized carbons (Fsp3) is 0.486. The van der Waals surface area contributed by atoms with Gasteiger partial charge in [0.15, 0.2) is 0 Å². The van der Waals surface area contributed by atoms with Crippen LogP contribution in [0.3, 0.4) is 0 Å². The molecule has 0 heterocycles. The second kappa shape index (κ2) is 28.4. The average molecular weight is 467 g/mol. The lowest BCUT2D eigenvalue weighted by atomic mass is 10.3. The van der Waals surface area contributed by atoms with E-state index in [0.717, 1.165) is 35.7 Å². The Morgan fingerprint density at radius 1 is 0.629 bits per heavy atom. The SMILES string of the molecule is C.C.C/C=C\C.C=C=C=C=C=C=C=C=C=C=C=C=C=C=C=C(C)CC.CC1CC1C.CC1C[C@@H]1C. The first kappa shape index (κ1) is 38.7. The van der Waals surface area contributed by atoms with Crippen LogP contribution in [0, 0.1) is 23.7 Å². The van der Waals surface area contributed by atoms with Gasteiger partial charge in [0.1, 0.15) is 0 Å². The molecule has 0 aromatic rings. The standard InChI is InChI=1S/C19H10.2C5H10.C4H8.2CH4/c1-4-6-7-8-9-10-11-12-13-14-15-16-17-18-19(3)5-2;2*1-4-3-5(4)2;1-3-4-2;;/h1,5H2,2-3H3;2*4-5H,3H2,1-2H3;3-4H,1-2H3;2*1H4/b;;;4-3-;;/t;4-,5?;;;;/m.0..../s1. The molecule has 35 heavy (non-hydrogen) atoms. The Morgan fingerprint density at radius 2 is 0.886 bits per heavy atom. The van der Waals surface area contributed by atoms with Gasteiger partial charge in [0.2, 0.25) is 0 Å². The number of hydrogen-bond donors (Lipinski definition) is 0. The van der Waals surface area contributed by atoms with Crippen molar-refractivity contribution in [2.75, 3.05) is 0 Å². The van der Waals surface area contributed by atoms with Crippen LogP contribution in [-0.2, 0) is 0 Å². The summed E-state index contributed by atoms with van der Waals surface area (Å²) < 4.78 is 0. The van der Waals surface area contributed by atoms with Crippen LogP contribution in [0.15, 0.2) is 105 Å². The predicted molar refractivity (Wildman–Crippen MR) is 154 cm³/mol. The summed E-state index contributed by atoms with van der Waals surface area (Å²) in [6.45, 7) is 20.5. The van der Waals surface area contributed by atoms with Crippen LogP contribution >= 0.6 is 0 Å². The van der Waals surface area contributed by atoms with E-state index in [1.165, 1.54) is 12.8 Å². The largest absolute Gasteiger partial charge is 0.0919 e. The summed E-state index contributed by atoms with van der Waals surface area (Å²) in [5.41, 5.74) is 36.9. The Kier molecular flexibility index (Phi) is 31.4. The first-order chi connectivity index (χ1) is 15.8. The Labute approximate surface area is 217 Å². The van der Waals surface area contributed by atoms with E-state index in [1.807, 2.05) is 39.8 Å². The van der Waals surface area contributed by atoms with Crippen LogP contribution < -0.4 is 0 Å². The second-order valence-electron chi connectivity index (χ2n) is 7.98. The summed E-state index contributed by atoms with van der Waals surface area (Å²) >= 11 is 0. The first-order valence-electron chi connectivity index (χ1n) is 11.5. The lowest BCUT2D eigenvalue weighted by Gasteiger charge is -1.79. The lowest BCUT2D eigenvalue weighted by Crippen LogP contribution is -1.61. The van der Waals surface area contributed by atoms with Gasteiger partial charge >= 0.3 is 0 Å². The Morgan fingerprint density at radius 3 is 1.09 bits per heavy atom. The maximum atomic E-state index is 3.31. The summed E-state index contributed by atoms with van der Waals surface area (Å²) in [5, 5.41) is 0. The summed E-state index contributed by atoms with van der Waals surface area (Å²) in [6.07, 6.45) is 7.88. The zero-order valence-corrected chi connectivity index (χ0v) is 21.8. The normalized spacial score (nSPS) is 17.8. The summed E-state index contributed by atoms with van der Waals surface area (Å²) in [5.74, 6) is 4.20. The zero-order valence-electron chi connectivity index (χ0n) is 21.8. The molecule has 0 spiro atoms. The van der Waals surface area contributed by atoms with Gasteiger partial charge in [-0.3, -0.25) is 0 Å². The molecule has 4 atom stereocenters. The number of rotatable bonds is 1. The van der Waals surface area contributed by atoms with Crippen LogP contribution in [0.5, 0.6) is 0 Å². The topological polar surface area (TPSA) is 0 Å². The van der Waals surface area contributed by atoms with Crippen molar-refractivity contribution >= 4 is 0 Å². The summed E-state index contributed by atoms with van der Waals surface area (Å²) in [7, 11) is 0. The van der Waals surface area contributed by atoms with Crippen molar-refractivity contribution in [3.8, 4) is 0 Å². The van der Waals surface area contributed by atoms with Gasteiger partial charge in [-0.25, -0.2) is 0 Å². The third-order valence-corrected chi connectivity index (χ3v) is 4.94. The van der Waals surface area contributed by atoms with Gasteiger partial charge < -0.3 is 0 Å². The van der Waals surface area contributed by atoms with Crippen molar-refractivity contribution in [1.82, 2.24) is 0 Å². The van der Waals surface area contributed by atoms with Crippen molar-refractivity contribution in [2.45, 2.75) is 89.5 Å². The van der Waals surface area contributed by atoms with E-state index >= 15 is 0 Å². The molecule has 0 aromatic carbocycles. The van der Waals surface area contributed by atoms with Gasteiger partial charge in [0.25, 0.3) is 0 Å². The molecule has 0 aliphatic heterocycles. The van der Waals surface area contributed by atoms with Crippen LogP contribution in [0.1, 0.15) is 89.5 Å². The lowest BCUT2D eigenvalue weighted by molar-refractivity contribution is 0.834. The zero-order chi connectivity index (χ0) is 25.3. The molecular weight excluding hydrogens is 420 g/mol. The van der Waals surface area contributed by atoms with Crippen molar-refractivity contribution in [1.29, 1.82) is 0 Å². The van der Waals surface area contributed by atoms with Crippen LogP contribution in [0.2, 0.25) is 0 Å². The van der Waals surface area contributed by atoms with E-state index in [0.29, 0.717) is 0 Å². The highest BCUT2D eigenvalue weighted by Gasteiger charge is 2.26. The fourth-order valence-electron chi connectivity index (χ4n) is 1.60. The molecule has 3 unspecified atom stereocenters. The average Bonchev–Trinajstić information content (AvgIpc) is 3.69. The van der Waals surface area contributed by atoms with Gasteiger partial charge in [0, 0.05) is 0 Å². The van der Waals surface area contributed by atoms with Crippen molar-refractivity contribution in [3.05, 3.63) is 105 Å². The van der Waals surface area contributed by atoms with Crippen LogP contribution in [0.4, 0.5) is 0 Å². The number of hydrogen-bond acceptors (Lipinski definition) is 0. The van der Waals surface area contributed by atoms with E-state index in [4.69, 9.17) is 0 Å². The van der Waals surface area contributed by atoms with E-state index in [9.17, 15) is 0 Å². The quantitative estimate of drug-likeness (QED) is 0.266. The fourth-order valence-corrected chi connectivity index (χ4v) is 1.60. The maximum absolute atomic E-state index is 3.31. The highest BCUT2D eigenvalue weighted by molar-refractivity contribution is 4.97. The second-order valence-corrected chi connectivity index (χ2v) is 7.98. The molecule has 0 aromatic heterocycles. The predicted octanol–water partition coefficient (Wildman–Crippen LogP) is 10.3. The molecule has 2 saturated carbocycles. The number of allylic oxidation sites excluding steroid dienone is 3. The molecule has 0 bridgehead atoms. The van der Waals surface area contributed by atoms with Gasteiger partial charge in [-0.2, -0.15) is 0 Å². The minimum absolute atomic E-state index is 0. The summed E-state index contributed by atoms with van der Waals surface area (Å²) in [4.78, 5) is 0. The molecule has 2 fully saturated rings. The molecular formula is C35H46. The third kappa shape index (κ3) is 35.2. The van der Waals surface area contributed by atoms with Gasteiger partial charge in [0.05, 0.1) is 0 Å². The third-order valence-electron chi connectivity index (χ3n) is 4.94. The highest BCUT2D eigenvalue weighted by Crippen LogP contribution is 2.36. The molecule has 2 rings (SSSR count). The minimum atomic E-state index is 0. The molecule has 0 heteroatoms. The Hall–Kier alpha value is -3.60. The Balaban J connectivity index is -0.000000241. The summed E-state index contributed by atoms with van der Waals surface area (Å²) in [6, 6.07) is 0. The van der Waals surface area contributed by atoms with Gasteiger partial charge in [-0.05, 0) is 145 Å². The molecule has 2 aliphatic rings. The van der Waals surface area contributed by atoms with E-state index in [2.05, 4.69) is 115 Å². The maximum Gasteiger partial charge on any atom is -0.00000000000926 e. The monoisotopic (exact) mass is 466 g/mol.